The van der Waals surface area contributed by atoms with E-state index in [1.54, 1.807) is 7.11 Å². The minimum atomic E-state index is -0.168. The standard InChI is InChI=1S/C14H17ClN2O2/c1-3-4-12(15)14-16-13(19-17-14)9-10-5-7-11(18-2)8-6-10/h5-8,12H,3-4,9H2,1-2H3. The smallest absolute Gasteiger partial charge is 0.231 e. The highest BCUT2D eigenvalue weighted by Gasteiger charge is 2.15. The Labute approximate surface area is 117 Å². The van der Waals surface area contributed by atoms with E-state index in [1.165, 1.54) is 0 Å². The van der Waals surface area contributed by atoms with Gasteiger partial charge in [0, 0.05) is 0 Å². The van der Waals surface area contributed by atoms with Gasteiger partial charge in [0.15, 0.2) is 5.82 Å². The molecule has 0 aliphatic heterocycles. The molecule has 19 heavy (non-hydrogen) atoms. The molecule has 0 amide bonds. The van der Waals surface area contributed by atoms with Gasteiger partial charge in [-0.25, -0.2) is 0 Å². The first kappa shape index (κ1) is 13.9. The van der Waals surface area contributed by atoms with Gasteiger partial charge < -0.3 is 9.26 Å². The average Bonchev–Trinajstić information content (AvgIpc) is 2.88. The molecular weight excluding hydrogens is 264 g/mol. The number of alkyl halides is 1. The Morgan fingerprint density at radius 1 is 1.32 bits per heavy atom. The van der Waals surface area contributed by atoms with Crippen LogP contribution in [0.5, 0.6) is 5.75 Å². The van der Waals surface area contributed by atoms with Crippen LogP contribution in [0.4, 0.5) is 0 Å². The highest BCUT2D eigenvalue weighted by atomic mass is 35.5. The Morgan fingerprint density at radius 3 is 2.68 bits per heavy atom. The van der Waals surface area contributed by atoms with Crippen molar-refractivity contribution >= 4 is 11.6 Å². The third-order valence-corrected chi connectivity index (χ3v) is 3.23. The highest BCUT2D eigenvalue weighted by molar-refractivity contribution is 6.20. The summed E-state index contributed by atoms with van der Waals surface area (Å²) in [5.74, 6) is 1.99. The van der Waals surface area contributed by atoms with E-state index in [-0.39, 0.29) is 5.38 Å². The summed E-state index contributed by atoms with van der Waals surface area (Å²) in [4.78, 5) is 4.33. The molecule has 2 aromatic rings. The number of rotatable bonds is 6. The fourth-order valence-electron chi connectivity index (χ4n) is 1.77. The van der Waals surface area contributed by atoms with Crippen molar-refractivity contribution in [2.24, 2.45) is 0 Å². The third kappa shape index (κ3) is 3.70. The largest absolute Gasteiger partial charge is 0.497 e. The highest BCUT2D eigenvalue weighted by Crippen LogP contribution is 2.23. The number of hydrogen-bond acceptors (Lipinski definition) is 4. The number of aromatic nitrogens is 2. The Kier molecular flexibility index (Phi) is 4.80. The number of halogens is 1. The zero-order valence-electron chi connectivity index (χ0n) is 11.1. The van der Waals surface area contributed by atoms with Crippen LogP contribution in [0, 0.1) is 0 Å². The summed E-state index contributed by atoms with van der Waals surface area (Å²) >= 11 is 6.16. The summed E-state index contributed by atoms with van der Waals surface area (Å²) in [6.45, 7) is 2.08. The van der Waals surface area contributed by atoms with Crippen molar-refractivity contribution < 1.29 is 9.26 Å². The van der Waals surface area contributed by atoms with Crippen molar-refractivity contribution in [2.45, 2.75) is 31.6 Å². The number of methoxy groups -OCH3 is 1. The monoisotopic (exact) mass is 280 g/mol. The minimum Gasteiger partial charge on any atom is -0.497 e. The van der Waals surface area contributed by atoms with Gasteiger partial charge in [-0.1, -0.05) is 30.6 Å². The molecule has 0 fully saturated rings. The Hall–Kier alpha value is -1.55. The SMILES string of the molecule is CCCC(Cl)c1noc(Cc2ccc(OC)cc2)n1. The third-order valence-electron chi connectivity index (χ3n) is 2.82. The van der Waals surface area contributed by atoms with E-state index < -0.39 is 0 Å². The molecule has 1 heterocycles. The van der Waals surface area contributed by atoms with Crippen molar-refractivity contribution in [2.75, 3.05) is 7.11 Å². The van der Waals surface area contributed by atoms with E-state index in [4.69, 9.17) is 20.9 Å². The van der Waals surface area contributed by atoms with Crippen LogP contribution in [-0.4, -0.2) is 17.3 Å². The van der Waals surface area contributed by atoms with Gasteiger partial charge in [-0.05, 0) is 24.1 Å². The molecule has 0 bridgehead atoms. The summed E-state index contributed by atoms with van der Waals surface area (Å²) in [5.41, 5.74) is 1.10. The normalized spacial score (nSPS) is 12.4. The summed E-state index contributed by atoms with van der Waals surface area (Å²) in [6, 6.07) is 7.78. The molecule has 5 heteroatoms. The lowest BCUT2D eigenvalue weighted by molar-refractivity contribution is 0.378. The van der Waals surface area contributed by atoms with Crippen molar-refractivity contribution in [1.29, 1.82) is 0 Å². The maximum Gasteiger partial charge on any atom is 0.231 e. The van der Waals surface area contributed by atoms with E-state index >= 15 is 0 Å². The number of nitrogens with zero attached hydrogens (tertiary/aromatic N) is 2. The van der Waals surface area contributed by atoms with Crippen LogP contribution in [-0.2, 0) is 6.42 Å². The Bertz CT molecular complexity index is 510. The van der Waals surface area contributed by atoms with Crippen LogP contribution >= 0.6 is 11.6 Å². The van der Waals surface area contributed by atoms with Gasteiger partial charge in [-0.15, -0.1) is 11.6 Å². The number of hydrogen-bond donors (Lipinski definition) is 0. The lowest BCUT2D eigenvalue weighted by Crippen LogP contribution is -1.94. The first-order chi connectivity index (χ1) is 9.22. The van der Waals surface area contributed by atoms with Crippen LogP contribution in [0.15, 0.2) is 28.8 Å². The molecule has 0 aliphatic carbocycles. The van der Waals surface area contributed by atoms with Gasteiger partial charge in [-0.2, -0.15) is 4.98 Å². The molecule has 0 N–H and O–H groups in total. The van der Waals surface area contributed by atoms with E-state index in [0.717, 1.165) is 24.2 Å². The molecule has 0 saturated carbocycles. The van der Waals surface area contributed by atoms with Gasteiger partial charge in [0.25, 0.3) is 0 Å². The van der Waals surface area contributed by atoms with Crippen molar-refractivity contribution in [1.82, 2.24) is 10.1 Å². The molecule has 0 spiro atoms. The Morgan fingerprint density at radius 2 is 2.05 bits per heavy atom. The summed E-state index contributed by atoms with van der Waals surface area (Å²) in [5, 5.41) is 3.75. The Balaban J connectivity index is 2.02. The first-order valence-corrected chi connectivity index (χ1v) is 6.76. The van der Waals surface area contributed by atoms with Crippen LogP contribution in [0.25, 0.3) is 0 Å². The van der Waals surface area contributed by atoms with Crippen LogP contribution < -0.4 is 4.74 Å². The molecule has 102 valence electrons. The maximum absolute atomic E-state index is 6.16. The van der Waals surface area contributed by atoms with Crippen molar-refractivity contribution in [3.8, 4) is 5.75 Å². The van der Waals surface area contributed by atoms with E-state index in [1.807, 2.05) is 24.3 Å². The second-order valence-electron chi connectivity index (χ2n) is 4.33. The minimum absolute atomic E-state index is 0.168. The van der Waals surface area contributed by atoms with Crippen LogP contribution in [0.1, 0.15) is 42.4 Å². The molecule has 1 unspecified atom stereocenters. The second kappa shape index (κ2) is 6.57. The summed E-state index contributed by atoms with van der Waals surface area (Å²) in [7, 11) is 1.65. The second-order valence-corrected chi connectivity index (χ2v) is 4.85. The summed E-state index contributed by atoms with van der Waals surface area (Å²) in [6.07, 6.45) is 2.45. The van der Waals surface area contributed by atoms with E-state index in [9.17, 15) is 0 Å². The molecule has 0 radical (unpaired) electrons. The van der Waals surface area contributed by atoms with Gasteiger partial charge >= 0.3 is 0 Å². The molecule has 1 aromatic heterocycles. The van der Waals surface area contributed by atoms with Crippen molar-refractivity contribution in [3.05, 3.63) is 41.5 Å². The maximum atomic E-state index is 6.16. The molecule has 0 aliphatic rings. The number of ether oxygens (including phenoxy) is 1. The van der Waals surface area contributed by atoms with Crippen LogP contribution in [0.2, 0.25) is 0 Å². The quantitative estimate of drug-likeness (QED) is 0.756. The zero-order valence-corrected chi connectivity index (χ0v) is 11.9. The predicted octanol–water partition coefficient (Wildman–Crippen LogP) is 3.75. The van der Waals surface area contributed by atoms with Crippen molar-refractivity contribution in [3.63, 3.8) is 0 Å². The molecule has 0 saturated heterocycles. The van der Waals surface area contributed by atoms with E-state index in [0.29, 0.717) is 18.1 Å². The first-order valence-electron chi connectivity index (χ1n) is 6.32. The lowest BCUT2D eigenvalue weighted by atomic mass is 10.1. The molecule has 1 atom stereocenters. The predicted molar refractivity (Wildman–Crippen MR) is 73.6 cm³/mol. The molecular formula is C14H17ClN2O2. The van der Waals surface area contributed by atoms with Gasteiger partial charge in [0.1, 0.15) is 5.75 Å². The van der Waals surface area contributed by atoms with Gasteiger partial charge in [0.2, 0.25) is 5.89 Å². The molecule has 2 rings (SSSR count). The molecule has 4 nitrogen and oxygen atoms in total. The van der Waals surface area contributed by atoms with Crippen LogP contribution in [0.3, 0.4) is 0 Å². The van der Waals surface area contributed by atoms with Gasteiger partial charge in [-0.3, -0.25) is 0 Å². The molecule has 1 aromatic carbocycles. The van der Waals surface area contributed by atoms with Gasteiger partial charge in [0.05, 0.1) is 18.9 Å². The fraction of sp³-hybridized carbons (Fsp3) is 0.429. The number of benzene rings is 1. The topological polar surface area (TPSA) is 48.2 Å². The fourth-order valence-corrected chi connectivity index (χ4v) is 2.07. The average molecular weight is 281 g/mol. The van der Waals surface area contributed by atoms with E-state index in [2.05, 4.69) is 17.1 Å². The lowest BCUT2D eigenvalue weighted by Gasteiger charge is -2.01. The summed E-state index contributed by atoms with van der Waals surface area (Å²) < 4.78 is 10.3. The zero-order chi connectivity index (χ0) is 13.7.